The number of thiophene rings is 1. The zero-order valence-electron chi connectivity index (χ0n) is 8.91. The molecule has 0 aromatic carbocycles. The van der Waals surface area contributed by atoms with E-state index >= 15 is 0 Å². The topological polar surface area (TPSA) is 83.6 Å². The maximum atomic E-state index is 10.8. The molecule has 0 aliphatic rings. The molecule has 2 N–H and O–H groups in total. The molecule has 2 atom stereocenters. The minimum absolute atomic E-state index is 0.00574. The van der Waals surface area contributed by atoms with Gasteiger partial charge in [-0.25, -0.2) is 0 Å². The normalized spacial score (nSPS) is 14.8. The first-order valence-electron chi connectivity index (χ1n) is 4.69. The van der Waals surface area contributed by atoms with Crippen molar-refractivity contribution in [3.8, 4) is 0 Å². The highest BCUT2D eigenvalue weighted by atomic mass is 32.2. The number of hydrogen-bond acceptors (Lipinski definition) is 6. The molecule has 1 heterocycles. The fourth-order valence-corrected chi connectivity index (χ4v) is 3.48. The van der Waals surface area contributed by atoms with E-state index < -0.39 is 11.0 Å². The van der Waals surface area contributed by atoms with Crippen LogP contribution in [0.5, 0.6) is 0 Å². The van der Waals surface area contributed by atoms with Crippen molar-refractivity contribution in [2.45, 2.75) is 29.4 Å². The third kappa shape index (κ3) is 3.18. The first kappa shape index (κ1) is 13.4. The predicted octanol–water partition coefficient (Wildman–Crippen LogP) is 2.18. The quantitative estimate of drug-likeness (QED) is 0.483. The third-order valence-electron chi connectivity index (χ3n) is 1.87. The molecule has 0 saturated heterocycles. The molecule has 0 aliphatic carbocycles. The van der Waals surface area contributed by atoms with Gasteiger partial charge in [0.25, 0.3) is 5.69 Å². The Kier molecular flexibility index (Phi) is 4.72. The van der Waals surface area contributed by atoms with Gasteiger partial charge < -0.3 is 10.2 Å². The lowest BCUT2D eigenvalue weighted by atomic mass is 10.3. The second kappa shape index (κ2) is 5.62. The van der Waals surface area contributed by atoms with Crippen LogP contribution in [-0.2, 0) is 0 Å². The Bertz CT molecular complexity index is 378. The molecule has 1 rings (SSSR count). The highest BCUT2D eigenvalue weighted by Gasteiger charge is 2.22. The van der Waals surface area contributed by atoms with E-state index in [1.165, 1.54) is 29.2 Å². The number of aliphatic hydroxyl groups excluding tert-OH is 2. The first-order chi connectivity index (χ1) is 7.45. The van der Waals surface area contributed by atoms with E-state index in [2.05, 4.69) is 0 Å². The third-order valence-corrected chi connectivity index (χ3v) is 4.47. The standard InChI is InChI=1S/C9H13NO4S2/c1-5(4-11)15-9-7(10(13)14)3-8(16-9)6(2)12/h3,5-6,11-12H,4H2,1-2H3/t5?,6-/m1/s1. The Balaban J connectivity index is 3.00. The van der Waals surface area contributed by atoms with Crippen LogP contribution in [0.2, 0.25) is 0 Å². The van der Waals surface area contributed by atoms with Gasteiger partial charge in [-0.05, 0) is 6.92 Å². The fourth-order valence-electron chi connectivity index (χ4n) is 1.02. The Morgan fingerprint density at radius 2 is 2.25 bits per heavy atom. The molecule has 1 aromatic rings. The number of rotatable bonds is 5. The van der Waals surface area contributed by atoms with Crippen LogP contribution in [-0.4, -0.2) is 27.0 Å². The highest BCUT2D eigenvalue weighted by Crippen LogP contribution is 2.41. The fraction of sp³-hybridized carbons (Fsp3) is 0.556. The van der Waals surface area contributed by atoms with Gasteiger partial charge in [-0.1, -0.05) is 6.92 Å². The molecule has 0 fully saturated rings. The molecule has 0 spiro atoms. The Hall–Kier alpha value is -0.630. The molecule has 1 aromatic heterocycles. The maximum Gasteiger partial charge on any atom is 0.294 e. The zero-order chi connectivity index (χ0) is 12.3. The Morgan fingerprint density at radius 1 is 1.62 bits per heavy atom. The molecule has 0 radical (unpaired) electrons. The molecule has 0 amide bonds. The minimum Gasteiger partial charge on any atom is -0.395 e. The van der Waals surface area contributed by atoms with E-state index in [1.54, 1.807) is 13.8 Å². The van der Waals surface area contributed by atoms with Crippen LogP contribution in [0.15, 0.2) is 10.3 Å². The number of nitro groups is 1. The van der Waals surface area contributed by atoms with E-state index in [1.807, 2.05) is 0 Å². The van der Waals surface area contributed by atoms with Crippen LogP contribution >= 0.6 is 23.1 Å². The summed E-state index contributed by atoms with van der Waals surface area (Å²) in [4.78, 5) is 10.9. The van der Waals surface area contributed by atoms with Gasteiger partial charge in [0.15, 0.2) is 0 Å². The van der Waals surface area contributed by atoms with E-state index in [0.29, 0.717) is 9.09 Å². The van der Waals surface area contributed by atoms with Crippen molar-refractivity contribution in [3.63, 3.8) is 0 Å². The highest BCUT2D eigenvalue weighted by molar-refractivity contribution is 8.01. The molecule has 1 unspecified atom stereocenters. The van der Waals surface area contributed by atoms with E-state index in [0.717, 1.165) is 0 Å². The largest absolute Gasteiger partial charge is 0.395 e. The lowest BCUT2D eigenvalue weighted by Crippen LogP contribution is -2.01. The number of thioether (sulfide) groups is 1. The summed E-state index contributed by atoms with van der Waals surface area (Å²) in [6, 6.07) is 1.39. The summed E-state index contributed by atoms with van der Waals surface area (Å²) in [6.45, 7) is 3.32. The van der Waals surface area contributed by atoms with Crippen molar-refractivity contribution in [2.75, 3.05) is 6.61 Å². The van der Waals surface area contributed by atoms with Crippen molar-refractivity contribution in [2.24, 2.45) is 0 Å². The van der Waals surface area contributed by atoms with Gasteiger partial charge in [-0.3, -0.25) is 10.1 Å². The van der Waals surface area contributed by atoms with Crippen LogP contribution in [0, 0.1) is 10.1 Å². The van der Waals surface area contributed by atoms with Crippen LogP contribution in [0.4, 0.5) is 5.69 Å². The Labute approximate surface area is 101 Å². The number of hydrogen-bond donors (Lipinski definition) is 2. The average Bonchev–Trinajstić information content (AvgIpc) is 2.61. The number of nitrogens with zero attached hydrogens (tertiary/aromatic N) is 1. The summed E-state index contributed by atoms with van der Waals surface area (Å²) in [6.07, 6.45) is -0.706. The summed E-state index contributed by atoms with van der Waals surface area (Å²) in [5, 5.41) is 29.0. The maximum absolute atomic E-state index is 10.8. The smallest absolute Gasteiger partial charge is 0.294 e. The molecule has 90 valence electrons. The molecule has 5 nitrogen and oxygen atoms in total. The monoisotopic (exact) mass is 263 g/mol. The van der Waals surface area contributed by atoms with E-state index in [-0.39, 0.29) is 17.5 Å². The van der Waals surface area contributed by atoms with Crippen molar-refractivity contribution < 1.29 is 15.1 Å². The molecule has 0 aliphatic heterocycles. The molecular weight excluding hydrogens is 250 g/mol. The van der Waals surface area contributed by atoms with Gasteiger partial charge in [0, 0.05) is 16.2 Å². The Morgan fingerprint density at radius 3 is 2.69 bits per heavy atom. The average molecular weight is 263 g/mol. The van der Waals surface area contributed by atoms with Crippen LogP contribution < -0.4 is 0 Å². The lowest BCUT2D eigenvalue weighted by molar-refractivity contribution is -0.387. The molecule has 0 bridgehead atoms. The summed E-state index contributed by atoms with van der Waals surface area (Å²) in [5.41, 5.74) is 0.00574. The van der Waals surface area contributed by atoms with E-state index in [4.69, 9.17) is 5.11 Å². The second-order valence-corrected chi connectivity index (χ2v) is 6.16. The summed E-state index contributed by atoms with van der Waals surface area (Å²) in [7, 11) is 0. The van der Waals surface area contributed by atoms with Crippen LogP contribution in [0.1, 0.15) is 24.8 Å². The van der Waals surface area contributed by atoms with E-state index in [9.17, 15) is 15.2 Å². The van der Waals surface area contributed by atoms with Crippen molar-refractivity contribution in [3.05, 3.63) is 21.1 Å². The van der Waals surface area contributed by atoms with Crippen LogP contribution in [0.25, 0.3) is 0 Å². The lowest BCUT2D eigenvalue weighted by Gasteiger charge is -2.04. The van der Waals surface area contributed by atoms with Crippen molar-refractivity contribution in [1.29, 1.82) is 0 Å². The molecular formula is C9H13NO4S2. The summed E-state index contributed by atoms with van der Waals surface area (Å²) in [5.74, 6) is 0. The van der Waals surface area contributed by atoms with Gasteiger partial charge in [0.2, 0.25) is 0 Å². The van der Waals surface area contributed by atoms with Gasteiger partial charge in [-0.15, -0.1) is 23.1 Å². The zero-order valence-corrected chi connectivity index (χ0v) is 10.5. The van der Waals surface area contributed by atoms with Gasteiger partial charge in [-0.2, -0.15) is 0 Å². The van der Waals surface area contributed by atoms with Gasteiger partial charge in [0.05, 0.1) is 17.6 Å². The van der Waals surface area contributed by atoms with Crippen molar-refractivity contribution in [1.82, 2.24) is 0 Å². The minimum atomic E-state index is -0.706. The van der Waals surface area contributed by atoms with Gasteiger partial charge in [0.1, 0.15) is 4.21 Å². The number of aliphatic hydroxyl groups is 2. The second-order valence-electron chi connectivity index (χ2n) is 3.37. The van der Waals surface area contributed by atoms with Crippen LogP contribution in [0.3, 0.4) is 0 Å². The predicted molar refractivity (Wildman–Crippen MR) is 64.0 cm³/mol. The molecule has 0 saturated carbocycles. The first-order valence-corrected chi connectivity index (χ1v) is 6.39. The molecule has 16 heavy (non-hydrogen) atoms. The van der Waals surface area contributed by atoms with Gasteiger partial charge >= 0.3 is 0 Å². The summed E-state index contributed by atoms with van der Waals surface area (Å²) >= 11 is 2.45. The SMILES string of the molecule is CC(CO)Sc1sc([C@@H](C)O)cc1[N+](=O)[O-]. The molecule has 7 heteroatoms. The summed E-state index contributed by atoms with van der Waals surface area (Å²) < 4.78 is 0.530. The van der Waals surface area contributed by atoms with Crippen molar-refractivity contribution >= 4 is 28.8 Å².